The van der Waals surface area contributed by atoms with Crippen molar-refractivity contribution in [1.29, 1.82) is 0 Å². The van der Waals surface area contributed by atoms with E-state index in [2.05, 4.69) is 20.7 Å². The Bertz CT molecular complexity index is 1320. The van der Waals surface area contributed by atoms with Crippen LogP contribution in [0.4, 0.5) is 10.1 Å². The quantitative estimate of drug-likeness (QED) is 0.417. The first-order chi connectivity index (χ1) is 16.3. The highest BCUT2D eigenvalue weighted by atomic mass is 19.1. The summed E-state index contributed by atoms with van der Waals surface area (Å²) < 4.78 is 21.8. The highest BCUT2D eigenvalue weighted by Crippen LogP contribution is 2.25. The number of aromatic nitrogens is 4. The number of hydrogen-bond donors (Lipinski definition) is 2. The second-order valence-electron chi connectivity index (χ2n) is 7.96. The molecule has 4 aromatic rings. The number of methoxy groups -OCH3 is 1. The summed E-state index contributed by atoms with van der Waals surface area (Å²) in [6.07, 6.45) is 1.62. The molecule has 2 heterocycles. The zero-order chi connectivity index (χ0) is 24.2. The molecule has 2 amide bonds. The van der Waals surface area contributed by atoms with Crippen LogP contribution in [0.25, 0.3) is 11.0 Å². The Morgan fingerprint density at radius 3 is 2.59 bits per heavy atom. The van der Waals surface area contributed by atoms with E-state index in [1.807, 2.05) is 24.6 Å². The number of nitrogens with zero attached hydrogens (tertiary/aromatic N) is 4. The molecule has 4 rings (SSSR count). The average molecular weight is 465 g/mol. The van der Waals surface area contributed by atoms with Crippen molar-refractivity contribution in [2.75, 3.05) is 19.0 Å². The van der Waals surface area contributed by atoms with Crippen molar-refractivity contribution in [3.63, 3.8) is 0 Å². The van der Waals surface area contributed by atoms with E-state index in [4.69, 9.17) is 4.74 Å². The molecule has 0 spiro atoms. The number of carbonyl (C=O) groups excluding carboxylic acids is 2. The maximum atomic E-state index is 13.3. The van der Waals surface area contributed by atoms with Gasteiger partial charge in [0, 0.05) is 32.1 Å². The van der Waals surface area contributed by atoms with E-state index < -0.39 is 0 Å². The van der Waals surface area contributed by atoms with Gasteiger partial charge in [0.15, 0.2) is 0 Å². The summed E-state index contributed by atoms with van der Waals surface area (Å²) >= 11 is 0. The predicted molar refractivity (Wildman–Crippen MR) is 125 cm³/mol. The molecule has 0 aliphatic rings. The lowest BCUT2D eigenvalue weighted by molar-refractivity contribution is -0.119. The number of aryl methyl sites for hydroxylation is 2. The third kappa shape index (κ3) is 5.12. The molecular weight excluding hydrogens is 439 g/mol. The van der Waals surface area contributed by atoms with Gasteiger partial charge in [0.1, 0.15) is 12.4 Å². The Hall–Kier alpha value is -4.05. The van der Waals surface area contributed by atoms with Crippen LogP contribution >= 0.6 is 0 Å². The second kappa shape index (κ2) is 9.84. The van der Waals surface area contributed by atoms with Crippen LogP contribution in [0.2, 0.25) is 0 Å². The summed E-state index contributed by atoms with van der Waals surface area (Å²) in [7, 11) is 3.27. The number of halogens is 1. The Kier molecular flexibility index (Phi) is 6.69. The minimum absolute atomic E-state index is 0.113. The molecular formula is C24H25FN6O3. The first-order valence-electron chi connectivity index (χ1n) is 10.6. The lowest BCUT2D eigenvalue weighted by atomic mass is 10.1. The molecule has 34 heavy (non-hydrogen) atoms. The van der Waals surface area contributed by atoms with Gasteiger partial charge < -0.3 is 19.9 Å². The van der Waals surface area contributed by atoms with Crippen LogP contribution in [0.15, 0.2) is 48.8 Å². The molecule has 0 bridgehead atoms. The zero-order valence-corrected chi connectivity index (χ0v) is 19.1. The second-order valence-corrected chi connectivity index (χ2v) is 7.96. The average Bonchev–Trinajstić information content (AvgIpc) is 3.35. The van der Waals surface area contributed by atoms with Gasteiger partial charge in [-0.15, -0.1) is 0 Å². The number of anilines is 1. The molecule has 10 heteroatoms. The summed E-state index contributed by atoms with van der Waals surface area (Å²) in [6, 6.07) is 11.4. The van der Waals surface area contributed by atoms with E-state index in [0.717, 1.165) is 17.0 Å². The first-order valence-corrected chi connectivity index (χ1v) is 10.6. The lowest BCUT2D eigenvalue weighted by Gasteiger charge is -2.12. The summed E-state index contributed by atoms with van der Waals surface area (Å²) in [5.41, 5.74) is 4.48. The molecule has 2 N–H and O–H groups in total. The van der Waals surface area contributed by atoms with Crippen LogP contribution in [0.3, 0.4) is 0 Å². The van der Waals surface area contributed by atoms with Gasteiger partial charge in [0.25, 0.3) is 5.91 Å². The van der Waals surface area contributed by atoms with Gasteiger partial charge in [0.2, 0.25) is 5.91 Å². The van der Waals surface area contributed by atoms with Crippen molar-refractivity contribution in [2.45, 2.75) is 20.0 Å². The Labute approximate surface area is 195 Å². The number of amides is 2. The molecule has 0 aliphatic carbocycles. The van der Waals surface area contributed by atoms with Crippen LogP contribution in [0.5, 0.6) is 0 Å². The summed E-state index contributed by atoms with van der Waals surface area (Å²) in [5.74, 6) is -1.000. The van der Waals surface area contributed by atoms with E-state index in [9.17, 15) is 14.0 Å². The molecule has 176 valence electrons. The number of nitrogens with one attached hydrogen (secondary N) is 2. The molecule has 0 aliphatic heterocycles. The normalized spacial score (nSPS) is 11.1. The van der Waals surface area contributed by atoms with Gasteiger partial charge in [-0.25, -0.2) is 9.37 Å². The van der Waals surface area contributed by atoms with Gasteiger partial charge in [-0.05, 0) is 42.8 Å². The fourth-order valence-electron chi connectivity index (χ4n) is 3.68. The van der Waals surface area contributed by atoms with Crippen LogP contribution in [0, 0.1) is 12.7 Å². The molecule has 0 saturated carbocycles. The number of benzene rings is 2. The van der Waals surface area contributed by atoms with Crippen LogP contribution in [0.1, 0.15) is 27.3 Å². The molecule has 0 fully saturated rings. The maximum Gasteiger partial charge on any atom is 0.253 e. The number of ether oxygens (including phenoxy) is 1. The number of fused-ring (bicyclic) bond motifs is 1. The Balaban J connectivity index is 1.68. The van der Waals surface area contributed by atoms with Crippen molar-refractivity contribution in [1.82, 2.24) is 24.6 Å². The van der Waals surface area contributed by atoms with Gasteiger partial charge in [-0.2, -0.15) is 5.10 Å². The molecule has 0 saturated heterocycles. The third-order valence-corrected chi connectivity index (χ3v) is 5.38. The molecule has 2 aromatic heterocycles. The first kappa shape index (κ1) is 23.1. The maximum absolute atomic E-state index is 13.3. The zero-order valence-electron chi connectivity index (χ0n) is 19.1. The van der Waals surface area contributed by atoms with Gasteiger partial charge >= 0.3 is 0 Å². The van der Waals surface area contributed by atoms with Crippen molar-refractivity contribution < 1.29 is 18.7 Å². The van der Waals surface area contributed by atoms with Crippen molar-refractivity contribution in [3.8, 4) is 0 Å². The van der Waals surface area contributed by atoms with Gasteiger partial charge in [0.05, 0.1) is 35.2 Å². The Morgan fingerprint density at radius 2 is 1.91 bits per heavy atom. The molecule has 0 atom stereocenters. The minimum Gasteiger partial charge on any atom is -0.375 e. The predicted octanol–water partition coefficient (Wildman–Crippen LogP) is 2.78. The summed E-state index contributed by atoms with van der Waals surface area (Å²) in [5, 5.41) is 10.00. The standard InChI is InChI=1S/C24H25FN6O3/c1-15-8-19(29-30(15)2)11-26-24(33)20-9-18(28-22(32)13-34-3)10-21-23(20)31(14-27-21)12-16-4-6-17(25)7-5-16/h4-10,14H,11-13H2,1-3H3,(H,26,33)(H,28,32). The van der Waals surface area contributed by atoms with Gasteiger partial charge in [-0.1, -0.05) is 12.1 Å². The number of rotatable bonds is 8. The molecule has 0 unspecified atom stereocenters. The SMILES string of the molecule is COCC(=O)Nc1cc(C(=O)NCc2cc(C)n(C)n2)c2c(c1)ncn2Cc1ccc(F)cc1. The summed E-state index contributed by atoms with van der Waals surface area (Å²) in [6.45, 7) is 2.46. The van der Waals surface area contributed by atoms with Crippen LogP contribution < -0.4 is 10.6 Å². The van der Waals surface area contributed by atoms with Crippen LogP contribution in [-0.4, -0.2) is 44.9 Å². The van der Waals surface area contributed by atoms with E-state index in [0.29, 0.717) is 28.8 Å². The molecule has 0 radical (unpaired) electrons. The third-order valence-electron chi connectivity index (χ3n) is 5.38. The van der Waals surface area contributed by atoms with E-state index in [-0.39, 0.29) is 30.8 Å². The highest BCUT2D eigenvalue weighted by Gasteiger charge is 2.18. The lowest BCUT2D eigenvalue weighted by Crippen LogP contribution is -2.24. The van der Waals surface area contributed by atoms with Crippen molar-refractivity contribution in [2.24, 2.45) is 7.05 Å². The fourth-order valence-corrected chi connectivity index (χ4v) is 3.68. The van der Waals surface area contributed by atoms with Gasteiger partial charge in [-0.3, -0.25) is 14.3 Å². The smallest absolute Gasteiger partial charge is 0.253 e. The van der Waals surface area contributed by atoms with Crippen molar-refractivity contribution >= 4 is 28.5 Å². The number of carbonyl (C=O) groups is 2. The van der Waals surface area contributed by atoms with E-state index in [1.54, 1.807) is 35.3 Å². The van der Waals surface area contributed by atoms with Crippen molar-refractivity contribution in [3.05, 3.63) is 77.1 Å². The largest absolute Gasteiger partial charge is 0.375 e. The molecule has 9 nitrogen and oxygen atoms in total. The van der Waals surface area contributed by atoms with E-state index in [1.165, 1.54) is 19.2 Å². The van der Waals surface area contributed by atoms with Crippen LogP contribution in [-0.2, 0) is 29.7 Å². The van der Waals surface area contributed by atoms with E-state index >= 15 is 0 Å². The molecule has 2 aromatic carbocycles. The Morgan fingerprint density at radius 1 is 1.15 bits per heavy atom. The summed E-state index contributed by atoms with van der Waals surface area (Å²) in [4.78, 5) is 29.7. The minimum atomic E-state index is -0.345. The monoisotopic (exact) mass is 464 g/mol. The number of imidazole rings is 1. The highest BCUT2D eigenvalue weighted by molar-refractivity contribution is 6.07. The number of hydrogen-bond acceptors (Lipinski definition) is 5. The topological polar surface area (TPSA) is 103 Å². The fraction of sp³-hybridized carbons (Fsp3) is 0.250.